The Hall–Kier alpha value is -2.27. The van der Waals surface area contributed by atoms with E-state index in [1.54, 1.807) is 6.07 Å². The van der Waals surface area contributed by atoms with E-state index in [4.69, 9.17) is 0 Å². The molecular formula is C24H33N3O5S2. The molecule has 0 unspecified atom stereocenters. The van der Waals surface area contributed by atoms with Crippen LogP contribution in [0.3, 0.4) is 0 Å². The number of unbranched alkanes of at least 4 members (excludes halogenated alkanes) is 1. The summed E-state index contributed by atoms with van der Waals surface area (Å²) in [6, 6.07) is 11.7. The summed E-state index contributed by atoms with van der Waals surface area (Å²) in [6.07, 6.45) is 4.99. The summed E-state index contributed by atoms with van der Waals surface area (Å²) in [5.41, 5.74) is 1.11. The summed E-state index contributed by atoms with van der Waals surface area (Å²) in [6.45, 7) is 3.92. The molecule has 0 fully saturated rings. The molecule has 0 amide bonds. The molecule has 1 aliphatic rings. The first-order valence-corrected chi connectivity index (χ1v) is 14.1. The van der Waals surface area contributed by atoms with Crippen molar-refractivity contribution in [1.29, 1.82) is 0 Å². The Morgan fingerprint density at radius 3 is 2.53 bits per heavy atom. The molecule has 0 aliphatic carbocycles. The second-order valence-electron chi connectivity index (χ2n) is 8.50. The minimum absolute atomic E-state index is 0.0746. The number of nitrogens with one attached hydrogen (secondary N) is 2. The Labute approximate surface area is 205 Å². The molecule has 3 rings (SSSR count). The van der Waals surface area contributed by atoms with Crippen molar-refractivity contribution in [2.75, 3.05) is 29.6 Å². The van der Waals surface area contributed by atoms with E-state index in [0.29, 0.717) is 35.7 Å². The molecule has 10 heteroatoms. The van der Waals surface area contributed by atoms with Crippen LogP contribution in [0, 0.1) is 0 Å². The first-order chi connectivity index (χ1) is 16.2. The minimum atomic E-state index is -3.93. The van der Waals surface area contributed by atoms with Crippen molar-refractivity contribution in [3.8, 4) is 0 Å². The molecule has 0 radical (unpaired) electrons. The summed E-state index contributed by atoms with van der Waals surface area (Å²) in [4.78, 5) is 14.3. The Balaban J connectivity index is 2.24. The highest BCUT2D eigenvalue weighted by molar-refractivity contribution is 7.98. The van der Waals surface area contributed by atoms with Gasteiger partial charge in [0.15, 0.2) is 0 Å². The summed E-state index contributed by atoms with van der Waals surface area (Å²) in [5, 5.41) is 21.7. The molecule has 1 heterocycles. The third-order valence-corrected chi connectivity index (χ3v) is 8.62. The number of hydrogen-bond donors (Lipinski definition) is 4. The van der Waals surface area contributed by atoms with Gasteiger partial charge < -0.3 is 20.4 Å². The van der Waals surface area contributed by atoms with Gasteiger partial charge in [0, 0.05) is 17.1 Å². The predicted octanol–water partition coefficient (Wildman–Crippen LogP) is 4.03. The van der Waals surface area contributed by atoms with Crippen molar-refractivity contribution < 1.29 is 23.4 Å². The molecule has 0 aromatic heterocycles. The van der Waals surface area contributed by atoms with Gasteiger partial charge in [-0.1, -0.05) is 44.9 Å². The molecule has 0 bridgehead atoms. The number of anilines is 3. The van der Waals surface area contributed by atoms with E-state index >= 15 is 0 Å². The monoisotopic (exact) mass is 507 g/mol. The standard InChI is InChI=1S/C24H33N3O5S2/c1-4-6-12-24(5-2)16-27(17-10-8-7-9-11-17)20-14-21(33-3)18(25-19(15-28)23(29)30)13-22(20)34(31,32)26-24/h7-11,13-14,19,25-26,28H,4-6,12,15-16H2,1-3H3,(H,29,30)/t19-,24+/m0/s1. The number of nitrogens with zero attached hydrogens (tertiary/aromatic N) is 1. The van der Waals surface area contributed by atoms with E-state index in [0.717, 1.165) is 18.5 Å². The predicted molar refractivity (Wildman–Crippen MR) is 137 cm³/mol. The topological polar surface area (TPSA) is 119 Å². The number of para-hydroxylation sites is 1. The average molecular weight is 508 g/mol. The number of thioether (sulfide) groups is 1. The van der Waals surface area contributed by atoms with E-state index in [1.807, 2.05) is 48.4 Å². The maximum Gasteiger partial charge on any atom is 0.328 e. The second kappa shape index (κ2) is 11.0. The van der Waals surface area contributed by atoms with Crippen LogP contribution in [0.1, 0.15) is 39.5 Å². The first kappa shape index (κ1) is 26.3. The van der Waals surface area contributed by atoms with E-state index in [1.165, 1.54) is 17.8 Å². The lowest BCUT2D eigenvalue weighted by atomic mass is 9.89. The number of aliphatic hydroxyl groups excluding tert-OH is 1. The number of aliphatic hydroxyl groups is 1. The summed E-state index contributed by atoms with van der Waals surface area (Å²) < 4.78 is 30.4. The zero-order valence-electron chi connectivity index (χ0n) is 19.7. The normalized spacial score (nSPS) is 20.3. The van der Waals surface area contributed by atoms with Gasteiger partial charge in [0.25, 0.3) is 0 Å². The quantitative estimate of drug-likeness (QED) is 0.356. The van der Waals surface area contributed by atoms with Gasteiger partial charge in [-0.25, -0.2) is 17.9 Å². The SMILES string of the molecule is CCCC[C@]1(CC)CN(c2ccccc2)c2cc(SC)c(N[C@@H](CO)C(=O)O)cc2S(=O)(=O)N1. The Morgan fingerprint density at radius 2 is 1.97 bits per heavy atom. The molecule has 0 saturated heterocycles. The molecule has 2 atom stereocenters. The largest absolute Gasteiger partial charge is 0.480 e. The lowest BCUT2D eigenvalue weighted by Crippen LogP contribution is -2.52. The lowest BCUT2D eigenvalue weighted by Gasteiger charge is -2.36. The smallest absolute Gasteiger partial charge is 0.328 e. The van der Waals surface area contributed by atoms with Gasteiger partial charge in [0.2, 0.25) is 10.0 Å². The van der Waals surface area contributed by atoms with Crippen LogP contribution in [0.4, 0.5) is 17.1 Å². The van der Waals surface area contributed by atoms with Crippen molar-refractivity contribution in [3.05, 3.63) is 42.5 Å². The number of sulfonamides is 1. The van der Waals surface area contributed by atoms with E-state index in [9.17, 15) is 23.4 Å². The van der Waals surface area contributed by atoms with Gasteiger partial charge >= 0.3 is 5.97 Å². The van der Waals surface area contributed by atoms with Gasteiger partial charge in [0.05, 0.1) is 23.5 Å². The summed E-state index contributed by atoms with van der Waals surface area (Å²) in [7, 11) is -3.93. The van der Waals surface area contributed by atoms with Crippen molar-refractivity contribution in [1.82, 2.24) is 4.72 Å². The van der Waals surface area contributed by atoms with Crippen LogP contribution < -0.4 is 14.9 Å². The number of carboxylic acid groups (broad SMARTS) is 1. The maximum atomic E-state index is 13.7. The van der Waals surface area contributed by atoms with Gasteiger partial charge in [-0.3, -0.25) is 0 Å². The number of benzene rings is 2. The molecular weight excluding hydrogens is 474 g/mol. The highest BCUT2D eigenvalue weighted by Crippen LogP contribution is 2.43. The van der Waals surface area contributed by atoms with E-state index < -0.39 is 34.2 Å². The van der Waals surface area contributed by atoms with Gasteiger partial charge in [-0.2, -0.15) is 0 Å². The van der Waals surface area contributed by atoms with Crippen molar-refractivity contribution >= 4 is 44.8 Å². The maximum absolute atomic E-state index is 13.7. The van der Waals surface area contributed by atoms with Crippen LogP contribution in [-0.4, -0.2) is 55.6 Å². The zero-order valence-corrected chi connectivity index (χ0v) is 21.4. The molecule has 0 spiro atoms. The van der Waals surface area contributed by atoms with Crippen LogP contribution in [0.15, 0.2) is 52.3 Å². The fourth-order valence-corrected chi connectivity index (χ4v) is 6.51. The Kier molecular flexibility index (Phi) is 8.51. The van der Waals surface area contributed by atoms with Crippen LogP contribution in [-0.2, 0) is 14.8 Å². The molecule has 2 aromatic rings. The Morgan fingerprint density at radius 1 is 1.26 bits per heavy atom. The number of carbonyl (C=O) groups is 1. The van der Waals surface area contributed by atoms with Crippen LogP contribution in [0.5, 0.6) is 0 Å². The molecule has 8 nitrogen and oxygen atoms in total. The molecule has 0 saturated carbocycles. The van der Waals surface area contributed by atoms with Crippen LogP contribution in [0.25, 0.3) is 0 Å². The molecule has 34 heavy (non-hydrogen) atoms. The second-order valence-corrected chi connectivity index (χ2v) is 11.0. The van der Waals surface area contributed by atoms with Crippen LogP contribution in [0.2, 0.25) is 0 Å². The molecule has 186 valence electrons. The van der Waals surface area contributed by atoms with E-state index in [2.05, 4.69) is 17.0 Å². The van der Waals surface area contributed by atoms with Gasteiger partial charge in [-0.05, 0) is 43.4 Å². The van der Waals surface area contributed by atoms with Crippen molar-refractivity contribution in [2.24, 2.45) is 0 Å². The van der Waals surface area contributed by atoms with Gasteiger partial charge in [-0.15, -0.1) is 11.8 Å². The molecule has 2 aromatic carbocycles. The van der Waals surface area contributed by atoms with Crippen LogP contribution >= 0.6 is 11.8 Å². The van der Waals surface area contributed by atoms with E-state index in [-0.39, 0.29) is 4.90 Å². The third kappa shape index (κ3) is 5.51. The Bertz CT molecular complexity index is 1110. The fourth-order valence-electron chi connectivity index (χ4n) is 4.23. The fraction of sp³-hybridized carbons (Fsp3) is 0.458. The zero-order chi connectivity index (χ0) is 24.9. The summed E-state index contributed by atoms with van der Waals surface area (Å²) in [5.74, 6) is -1.22. The highest BCUT2D eigenvalue weighted by Gasteiger charge is 2.41. The third-order valence-electron chi connectivity index (χ3n) is 6.24. The first-order valence-electron chi connectivity index (χ1n) is 11.4. The van der Waals surface area contributed by atoms with Crippen molar-refractivity contribution in [2.45, 2.75) is 60.9 Å². The average Bonchev–Trinajstić information content (AvgIpc) is 2.93. The van der Waals surface area contributed by atoms with Gasteiger partial charge in [0.1, 0.15) is 10.9 Å². The summed E-state index contributed by atoms with van der Waals surface area (Å²) >= 11 is 1.38. The lowest BCUT2D eigenvalue weighted by molar-refractivity contribution is -0.138. The number of fused-ring (bicyclic) bond motifs is 1. The molecule has 4 N–H and O–H groups in total. The van der Waals surface area contributed by atoms with Crippen molar-refractivity contribution in [3.63, 3.8) is 0 Å². The minimum Gasteiger partial charge on any atom is -0.480 e. The molecule has 1 aliphatic heterocycles. The number of rotatable bonds is 10. The number of hydrogen-bond acceptors (Lipinski definition) is 7. The highest BCUT2D eigenvalue weighted by atomic mass is 32.2. The number of aliphatic carboxylic acids is 1. The number of carboxylic acids is 1.